The van der Waals surface area contributed by atoms with Crippen molar-refractivity contribution in [3.8, 4) is 0 Å². The Morgan fingerprint density at radius 2 is 1.83 bits per heavy atom. The van der Waals surface area contributed by atoms with Gasteiger partial charge in [-0.2, -0.15) is 17.4 Å². The number of halogens is 3. The zero-order valence-corrected chi connectivity index (χ0v) is 14.0. The summed E-state index contributed by atoms with van der Waals surface area (Å²) < 4.78 is 68.6. The first kappa shape index (κ1) is 18.5. The quantitative estimate of drug-likeness (QED) is 0.861. The van der Waals surface area contributed by atoms with Crippen LogP contribution in [-0.4, -0.2) is 35.6 Å². The van der Waals surface area contributed by atoms with Crippen LogP contribution in [0.1, 0.15) is 37.9 Å². The standard InChI is InChI=1S/C14H17F3N2O4S/c1-14(2,3)19(13(20)21)24(22,23)18-12-10(17)6-7-8(15)4-5-9(16)11(7)12/h4-5,10,12,18H,6H2,1-3H3,(H,20,21). The second-order valence-corrected chi connectivity index (χ2v) is 8.01. The number of hydrogen-bond donors (Lipinski definition) is 2. The first-order valence-electron chi connectivity index (χ1n) is 7.02. The van der Waals surface area contributed by atoms with E-state index in [0.29, 0.717) is 0 Å². The van der Waals surface area contributed by atoms with Crippen molar-refractivity contribution in [2.24, 2.45) is 0 Å². The van der Waals surface area contributed by atoms with Gasteiger partial charge in [0.05, 0.1) is 11.6 Å². The van der Waals surface area contributed by atoms with Crippen molar-refractivity contribution < 1.29 is 31.5 Å². The fraction of sp³-hybridized carbons (Fsp3) is 0.500. The number of rotatable bonds is 3. The zero-order valence-electron chi connectivity index (χ0n) is 13.2. The van der Waals surface area contributed by atoms with Crippen molar-refractivity contribution in [3.63, 3.8) is 0 Å². The van der Waals surface area contributed by atoms with Gasteiger partial charge in [-0.3, -0.25) is 0 Å². The number of benzene rings is 1. The van der Waals surface area contributed by atoms with Crippen LogP contribution in [0.15, 0.2) is 12.1 Å². The van der Waals surface area contributed by atoms with Crippen molar-refractivity contribution in [1.29, 1.82) is 0 Å². The number of nitrogens with zero attached hydrogens (tertiary/aromatic N) is 1. The minimum Gasteiger partial charge on any atom is -0.464 e. The molecule has 2 N–H and O–H groups in total. The number of hydrogen-bond acceptors (Lipinski definition) is 3. The first-order valence-corrected chi connectivity index (χ1v) is 8.46. The number of carbonyl (C=O) groups is 1. The lowest BCUT2D eigenvalue weighted by Crippen LogP contribution is -2.54. The molecule has 0 saturated carbocycles. The Bertz CT molecular complexity index is 777. The molecule has 2 unspecified atom stereocenters. The van der Waals surface area contributed by atoms with Gasteiger partial charge in [0.25, 0.3) is 0 Å². The maximum atomic E-state index is 14.2. The Hall–Kier alpha value is -1.81. The summed E-state index contributed by atoms with van der Waals surface area (Å²) in [5, 5.41) is 9.16. The average molecular weight is 366 g/mol. The molecule has 0 bridgehead atoms. The van der Waals surface area contributed by atoms with Gasteiger partial charge < -0.3 is 5.11 Å². The Morgan fingerprint density at radius 1 is 1.29 bits per heavy atom. The summed E-state index contributed by atoms with van der Waals surface area (Å²) in [7, 11) is -4.71. The second kappa shape index (κ2) is 5.92. The number of nitrogens with one attached hydrogen (secondary N) is 1. The highest BCUT2D eigenvalue weighted by atomic mass is 32.2. The van der Waals surface area contributed by atoms with E-state index in [4.69, 9.17) is 5.11 Å². The van der Waals surface area contributed by atoms with E-state index in [2.05, 4.69) is 0 Å². The molecule has 1 aromatic rings. The summed E-state index contributed by atoms with van der Waals surface area (Å²) in [6, 6.07) is -0.104. The van der Waals surface area contributed by atoms with Crippen molar-refractivity contribution in [1.82, 2.24) is 9.03 Å². The molecule has 0 saturated heterocycles. The van der Waals surface area contributed by atoms with Crippen LogP contribution in [0.4, 0.5) is 18.0 Å². The summed E-state index contributed by atoms with van der Waals surface area (Å²) >= 11 is 0. The normalized spacial score (nSPS) is 20.8. The fourth-order valence-corrected chi connectivity index (χ4v) is 4.36. The smallest absolute Gasteiger partial charge is 0.422 e. The van der Waals surface area contributed by atoms with Crippen LogP contribution in [0, 0.1) is 11.6 Å². The molecule has 0 radical (unpaired) electrons. The van der Waals surface area contributed by atoms with Gasteiger partial charge in [0.2, 0.25) is 0 Å². The van der Waals surface area contributed by atoms with Crippen LogP contribution in [0.25, 0.3) is 0 Å². The van der Waals surface area contributed by atoms with Gasteiger partial charge in [-0.05, 0) is 38.5 Å². The largest absolute Gasteiger partial charge is 0.464 e. The van der Waals surface area contributed by atoms with E-state index in [-0.39, 0.29) is 9.87 Å². The van der Waals surface area contributed by atoms with Gasteiger partial charge in [0.15, 0.2) is 0 Å². The van der Waals surface area contributed by atoms with Gasteiger partial charge in [0, 0.05) is 12.0 Å². The van der Waals surface area contributed by atoms with Crippen molar-refractivity contribution in [2.75, 3.05) is 0 Å². The van der Waals surface area contributed by atoms with E-state index < -0.39 is 57.7 Å². The van der Waals surface area contributed by atoms with E-state index in [0.717, 1.165) is 12.1 Å². The molecule has 1 amide bonds. The molecule has 0 fully saturated rings. The molecule has 0 heterocycles. The van der Waals surface area contributed by atoms with Crippen molar-refractivity contribution in [3.05, 3.63) is 34.9 Å². The zero-order chi connectivity index (χ0) is 18.4. The topological polar surface area (TPSA) is 86.7 Å². The van der Waals surface area contributed by atoms with Crippen molar-refractivity contribution >= 4 is 16.3 Å². The lowest BCUT2D eigenvalue weighted by atomic mass is 10.1. The molecular weight excluding hydrogens is 349 g/mol. The van der Waals surface area contributed by atoms with Crippen LogP contribution >= 0.6 is 0 Å². The SMILES string of the molecule is CC(C)(C)N(C(=O)O)S(=O)(=O)NC1c2c(F)ccc(F)c2CC1F. The molecule has 0 aliphatic heterocycles. The van der Waals surface area contributed by atoms with Gasteiger partial charge in [-0.25, -0.2) is 18.0 Å². The van der Waals surface area contributed by atoms with Crippen LogP contribution in [-0.2, 0) is 16.6 Å². The summed E-state index contributed by atoms with van der Waals surface area (Å²) in [6.07, 6.45) is -4.20. The van der Waals surface area contributed by atoms with E-state index >= 15 is 0 Å². The van der Waals surface area contributed by atoms with E-state index in [9.17, 15) is 26.4 Å². The molecule has 10 heteroatoms. The van der Waals surface area contributed by atoms with Gasteiger partial charge in [-0.1, -0.05) is 0 Å². The molecule has 1 aliphatic carbocycles. The molecule has 1 aliphatic rings. The summed E-state index contributed by atoms with van der Waals surface area (Å²) in [5.74, 6) is -1.81. The lowest BCUT2D eigenvalue weighted by Gasteiger charge is -2.33. The monoisotopic (exact) mass is 366 g/mol. The second-order valence-electron chi connectivity index (χ2n) is 6.46. The third-order valence-electron chi connectivity index (χ3n) is 3.62. The minimum atomic E-state index is -4.71. The Kier molecular flexibility index (Phi) is 4.57. The number of fused-ring (bicyclic) bond motifs is 1. The number of carboxylic acid groups (broad SMARTS) is 1. The van der Waals surface area contributed by atoms with Crippen LogP contribution < -0.4 is 4.72 Å². The fourth-order valence-electron chi connectivity index (χ4n) is 2.74. The van der Waals surface area contributed by atoms with E-state index in [1.807, 2.05) is 4.72 Å². The Morgan fingerprint density at radius 3 is 2.33 bits per heavy atom. The lowest BCUT2D eigenvalue weighted by molar-refractivity contribution is 0.144. The van der Waals surface area contributed by atoms with Crippen LogP contribution in [0.2, 0.25) is 0 Å². The Balaban J connectivity index is 2.45. The summed E-state index contributed by atoms with van der Waals surface area (Å²) in [5.41, 5.74) is -2.05. The van der Waals surface area contributed by atoms with E-state index in [1.54, 1.807) is 0 Å². The highest BCUT2D eigenvalue weighted by molar-refractivity contribution is 7.87. The first-order chi connectivity index (χ1) is 10.9. The number of amides is 1. The summed E-state index contributed by atoms with van der Waals surface area (Å²) in [4.78, 5) is 11.3. The van der Waals surface area contributed by atoms with Crippen LogP contribution in [0.5, 0.6) is 0 Å². The van der Waals surface area contributed by atoms with Crippen molar-refractivity contribution in [2.45, 2.75) is 44.9 Å². The highest BCUT2D eigenvalue weighted by Crippen LogP contribution is 2.38. The molecule has 24 heavy (non-hydrogen) atoms. The molecule has 0 aromatic heterocycles. The molecule has 6 nitrogen and oxygen atoms in total. The maximum absolute atomic E-state index is 14.2. The molecular formula is C14H17F3N2O4S. The molecule has 1 aromatic carbocycles. The van der Waals surface area contributed by atoms with Gasteiger partial charge in [0.1, 0.15) is 17.8 Å². The summed E-state index contributed by atoms with van der Waals surface area (Å²) in [6.45, 7) is 3.99. The number of alkyl halides is 1. The maximum Gasteiger partial charge on any atom is 0.422 e. The average Bonchev–Trinajstić information content (AvgIpc) is 2.69. The minimum absolute atomic E-state index is 0.113. The molecule has 0 spiro atoms. The Labute approximate surface area is 137 Å². The van der Waals surface area contributed by atoms with Crippen LogP contribution in [0.3, 0.4) is 0 Å². The third kappa shape index (κ3) is 3.20. The highest BCUT2D eigenvalue weighted by Gasteiger charge is 2.44. The predicted octanol–water partition coefficient (Wildman–Crippen LogP) is 2.51. The van der Waals surface area contributed by atoms with Gasteiger partial charge >= 0.3 is 16.3 Å². The van der Waals surface area contributed by atoms with E-state index in [1.165, 1.54) is 20.8 Å². The third-order valence-corrected chi connectivity index (χ3v) is 5.35. The molecule has 134 valence electrons. The molecule has 2 rings (SSSR count). The molecule has 2 atom stereocenters. The predicted molar refractivity (Wildman–Crippen MR) is 79.4 cm³/mol. The van der Waals surface area contributed by atoms with Gasteiger partial charge in [-0.15, -0.1) is 0 Å².